The lowest BCUT2D eigenvalue weighted by atomic mass is 10.1. The second kappa shape index (κ2) is 3.51. The van der Waals surface area contributed by atoms with Gasteiger partial charge in [0.25, 0.3) is 0 Å². The normalized spacial score (nSPS) is 17.9. The molecule has 14 heavy (non-hydrogen) atoms. The Morgan fingerprint density at radius 1 is 1.64 bits per heavy atom. The van der Waals surface area contributed by atoms with E-state index in [0.717, 1.165) is 29.3 Å². The summed E-state index contributed by atoms with van der Waals surface area (Å²) in [6, 6.07) is 2.03. The van der Waals surface area contributed by atoms with E-state index in [1.54, 1.807) is 13.3 Å². The Bertz CT molecular complexity index is 350. The molecule has 1 aromatic heterocycles. The highest BCUT2D eigenvalue weighted by atomic mass is 79.9. The summed E-state index contributed by atoms with van der Waals surface area (Å²) in [6.45, 7) is 0. The van der Waals surface area contributed by atoms with Gasteiger partial charge in [-0.2, -0.15) is 0 Å². The molecule has 3 nitrogen and oxygen atoms in total. The molecular formula is C10H13BrN2O. The number of hydrogen-bond donors (Lipinski definition) is 1. The molecule has 4 heteroatoms. The Morgan fingerprint density at radius 2 is 2.36 bits per heavy atom. The molecule has 1 aliphatic rings. The molecule has 1 aliphatic carbocycles. The second-order valence-corrected chi connectivity index (χ2v) is 4.78. The first-order valence-corrected chi connectivity index (χ1v) is 5.40. The van der Waals surface area contributed by atoms with Gasteiger partial charge in [-0.05, 0) is 41.3 Å². The van der Waals surface area contributed by atoms with E-state index in [-0.39, 0.29) is 5.54 Å². The largest absolute Gasteiger partial charge is 0.481 e. The van der Waals surface area contributed by atoms with Crippen molar-refractivity contribution in [1.82, 2.24) is 4.98 Å². The van der Waals surface area contributed by atoms with Crippen molar-refractivity contribution in [2.45, 2.75) is 24.8 Å². The van der Waals surface area contributed by atoms with Crippen LogP contribution >= 0.6 is 15.9 Å². The Hall–Kier alpha value is -0.610. The van der Waals surface area contributed by atoms with Crippen LogP contribution in [0.15, 0.2) is 16.7 Å². The second-order valence-electron chi connectivity index (χ2n) is 3.86. The number of methoxy groups -OCH3 is 1. The van der Waals surface area contributed by atoms with E-state index in [0.29, 0.717) is 5.88 Å². The van der Waals surface area contributed by atoms with Crippen LogP contribution in [0.2, 0.25) is 0 Å². The molecule has 0 unspecified atom stereocenters. The van der Waals surface area contributed by atoms with Crippen LogP contribution in [0.4, 0.5) is 0 Å². The maximum Gasteiger partial charge on any atom is 0.216 e. The van der Waals surface area contributed by atoms with Crippen LogP contribution < -0.4 is 10.5 Å². The molecule has 1 fully saturated rings. The minimum atomic E-state index is -0.00421. The van der Waals surface area contributed by atoms with Crippen molar-refractivity contribution in [3.8, 4) is 5.88 Å². The monoisotopic (exact) mass is 256 g/mol. The molecule has 1 aromatic rings. The van der Waals surface area contributed by atoms with E-state index >= 15 is 0 Å². The first kappa shape index (κ1) is 9.93. The molecule has 0 spiro atoms. The molecule has 0 radical (unpaired) electrons. The van der Waals surface area contributed by atoms with Crippen molar-refractivity contribution in [3.05, 3.63) is 22.3 Å². The quantitative estimate of drug-likeness (QED) is 0.899. The van der Waals surface area contributed by atoms with Gasteiger partial charge in [0, 0.05) is 21.8 Å². The summed E-state index contributed by atoms with van der Waals surface area (Å²) < 4.78 is 6.16. The fraction of sp³-hybridized carbons (Fsp3) is 0.500. The van der Waals surface area contributed by atoms with Gasteiger partial charge in [-0.1, -0.05) is 0 Å². The van der Waals surface area contributed by atoms with Crippen molar-refractivity contribution < 1.29 is 4.74 Å². The third kappa shape index (κ3) is 2.07. The minimum absolute atomic E-state index is 0.00421. The zero-order chi connectivity index (χ0) is 10.2. The molecule has 0 saturated heterocycles. The van der Waals surface area contributed by atoms with E-state index in [4.69, 9.17) is 10.5 Å². The lowest BCUT2D eigenvalue weighted by molar-refractivity contribution is 0.390. The summed E-state index contributed by atoms with van der Waals surface area (Å²) in [6.07, 6.45) is 4.78. The van der Waals surface area contributed by atoms with Crippen molar-refractivity contribution in [2.75, 3.05) is 7.11 Å². The Balaban J connectivity index is 2.25. The van der Waals surface area contributed by atoms with Crippen LogP contribution in [-0.2, 0) is 6.42 Å². The van der Waals surface area contributed by atoms with Gasteiger partial charge in [0.05, 0.1) is 7.11 Å². The summed E-state index contributed by atoms with van der Waals surface area (Å²) in [5.41, 5.74) is 7.13. The molecule has 0 aliphatic heterocycles. The number of aromatic nitrogens is 1. The third-order valence-corrected chi connectivity index (χ3v) is 2.95. The number of halogens is 1. The predicted molar refractivity (Wildman–Crippen MR) is 58.3 cm³/mol. The van der Waals surface area contributed by atoms with E-state index in [1.807, 2.05) is 6.07 Å². The number of ether oxygens (including phenoxy) is 1. The van der Waals surface area contributed by atoms with Gasteiger partial charge in [-0.25, -0.2) is 4.98 Å². The number of pyridine rings is 1. The van der Waals surface area contributed by atoms with Crippen LogP contribution in [0, 0.1) is 0 Å². The lowest BCUT2D eigenvalue weighted by Gasteiger charge is -2.11. The lowest BCUT2D eigenvalue weighted by Crippen LogP contribution is -2.24. The highest BCUT2D eigenvalue weighted by molar-refractivity contribution is 9.10. The van der Waals surface area contributed by atoms with Gasteiger partial charge in [-0.15, -0.1) is 0 Å². The van der Waals surface area contributed by atoms with Crippen LogP contribution in [0.3, 0.4) is 0 Å². The van der Waals surface area contributed by atoms with Crippen LogP contribution in [0.1, 0.15) is 18.4 Å². The maximum absolute atomic E-state index is 6.05. The zero-order valence-electron chi connectivity index (χ0n) is 8.09. The predicted octanol–water partition coefficient (Wildman–Crippen LogP) is 1.89. The van der Waals surface area contributed by atoms with Crippen molar-refractivity contribution in [1.29, 1.82) is 0 Å². The van der Waals surface area contributed by atoms with E-state index in [9.17, 15) is 0 Å². The molecular weight excluding hydrogens is 244 g/mol. The number of rotatable bonds is 3. The Morgan fingerprint density at radius 3 is 2.93 bits per heavy atom. The molecule has 0 atom stereocenters. The van der Waals surface area contributed by atoms with Gasteiger partial charge in [0.15, 0.2) is 0 Å². The average Bonchev–Trinajstić information content (AvgIpc) is 2.84. The topological polar surface area (TPSA) is 48.1 Å². The standard InChI is InChI=1S/C10H13BrN2O/c1-14-9-7(4-8(11)6-13-9)5-10(12)2-3-10/h4,6H,2-3,5,12H2,1H3. The van der Waals surface area contributed by atoms with E-state index in [2.05, 4.69) is 20.9 Å². The zero-order valence-corrected chi connectivity index (χ0v) is 9.67. The molecule has 0 bridgehead atoms. The molecule has 0 aromatic carbocycles. The molecule has 2 N–H and O–H groups in total. The number of hydrogen-bond acceptors (Lipinski definition) is 3. The number of nitrogens with two attached hydrogens (primary N) is 1. The summed E-state index contributed by atoms with van der Waals surface area (Å²) in [7, 11) is 1.63. The molecule has 2 rings (SSSR count). The molecule has 1 saturated carbocycles. The summed E-state index contributed by atoms with van der Waals surface area (Å²) in [5, 5.41) is 0. The van der Waals surface area contributed by atoms with Gasteiger partial charge < -0.3 is 10.5 Å². The highest BCUT2D eigenvalue weighted by Gasteiger charge is 2.38. The van der Waals surface area contributed by atoms with Gasteiger partial charge >= 0.3 is 0 Å². The van der Waals surface area contributed by atoms with Crippen LogP contribution in [0.25, 0.3) is 0 Å². The fourth-order valence-corrected chi connectivity index (χ4v) is 1.87. The first-order chi connectivity index (χ1) is 6.63. The SMILES string of the molecule is COc1ncc(Br)cc1CC1(N)CC1. The minimum Gasteiger partial charge on any atom is -0.481 e. The smallest absolute Gasteiger partial charge is 0.216 e. The highest BCUT2D eigenvalue weighted by Crippen LogP contribution is 2.37. The maximum atomic E-state index is 6.05. The van der Waals surface area contributed by atoms with Crippen molar-refractivity contribution in [2.24, 2.45) is 5.73 Å². The summed E-state index contributed by atoms with van der Waals surface area (Å²) in [4.78, 5) is 4.18. The van der Waals surface area contributed by atoms with Gasteiger partial charge in [0.1, 0.15) is 0 Å². The van der Waals surface area contributed by atoms with E-state index in [1.165, 1.54) is 0 Å². The van der Waals surface area contributed by atoms with Crippen LogP contribution in [0.5, 0.6) is 5.88 Å². The first-order valence-electron chi connectivity index (χ1n) is 4.60. The van der Waals surface area contributed by atoms with E-state index < -0.39 is 0 Å². The summed E-state index contributed by atoms with van der Waals surface area (Å²) >= 11 is 3.39. The molecule has 1 heterocycles. The van der Waals surface area contributed by atoms with Gasteiger partial charge in [-0.3, -0.25) is 0 Å². The summed E-state index contributed by atoms with van der Waals surface area (Å²) in [5.74, 6) is 0.685. The Labute approximate surface area is 91.8 Å². The molecule has 0 amide bonds. The van der Waals surface area contributed by atoms with Crippen molar-refractivity contribution in [3.63, 3.8) is 0 Å². The van der Waals surface area contributed by atoms with Crippen LogP contribution in [-0.4, -0.2) is 17.6 Å². The average molecular weight is 257 g/mol. The Kier molecular flexibility index (Phi) is 2.49. The third-order valence-electron chi connectivity index (χ3n) is 2.52. The molecule has 76 valence electrons. The number of nitrogens with zero attached hydrogens (tertiary/aromatic N) is 1. The fourth-order valence-electron chi connectivity index (χ4n) is 1.50. The van der Waals surface area contributed by atoms with Crippen molar-refractivity contribution >= 4 is 15.9 Å². The van der Waals surface area contributed by atoms with Gasteiger partial charge in [0.2, 0.25) is 5.88 Å².